The summed E-state index contributed by atoms with van der Waals surface area (Å²) in [6, 6.07) is 1.67. The average Bonchev–Trinajstić information content (AvgIpc) is 3.33. The van der Waals surface area contributed by atoms with E-state index < -0.39 is 87.7 Å². The fourth-order valence-corrected chi connectivity index (χ4v) is 6.59. The zero-order valence-electron chi connectivity index (χ0n) is 29.1. The van der Waals surface area contributed by atoms with Gasteiger partial charge < -0.3 is 29.9 Å². The van der Waals surface area contributed by atoms with Crippen LogP contribution < -0.4 is 15.4 Å². The molecule has 0 bridgehead atoms. The molecule has 1 aromatic carbocycles. The number of nitrogens with one attached hydrogen (secondary N) is 3. The first kappa shape index (κ1) is 39.1. The van der Waals surface area contributed by atoms with Crippen LogP contribution in [0.15, 0.2) is 43.5 Å². The minimum Gasteiger partial charge on any atom is -0.444 e. The van der Waals surface area contributed by atoms with E-state index in [1.54, 1.807) is 26.8 Å². The largest absolute Gasteiger partial charge is 0.444 e. The Morgan fingerprint density at radius 3 is 2.43 bits per heavy atom. The number of carbonyl (C=O) groups excluding carboxylic acids is 6. The number of nitrogens with zero attached hydrogens (tertiary/aromatic N) is 3. The van der Waals surface area contributed by atoms with Gasteiger partial charge in [-0.2, -0.15) is 0 Å². The predicted octanol–water partition coefficient (Wildman–Crippen LogP) is 2.26. The number of ether oxygens (including phenoxy) is 2. The van der Waals surface area contributed by atoms with Crippen LogP contribution in [0.2, 0.25) is 0 Å². The minimum atomic E-state index is -3.51. The Labute approximate surface area is 296 Å². The summed E-state index contributed by atoms with van der Waals surface area (Å²) >= 11 is 0. The number of amides is 6. The molecule has 4 rings (SSSR count). The molecule has 2 fully saturated rings. The maximum absolute atomic E-state index is 14.4. The molecule has 280 valence electrons. The third-order valence-corrected chi connectivity index (χ3v) is 9.21. The van der Waals surface area contributed by atoms with E-state index in [9.17, 15) is 42.3 Å². The first-order chi connectivity index (χ1) is 23.7. The van der Waals surface area contributed by atoms with Crippen molar-refractivity contribution in [3.63, 3.8) is 0 Å². The van der Waals surface area contributed by atoms with E-state index in [1.807, 2.05) is 0 Å². The van der Waals surface area contributed by atoms with Crippen LogP contribution in [0.5, 0.6) is 0 Å². The fraction of sp³-hybridized carbons (Fsp3) is 0.515. The first-order valence-electron chi connectivity index (χ1n) is 16.1. The summed E-state index contributed by atoms with van der Waals surface area (Å²) in [4.78, 5) is 83.4. The molecular weight excluding hydrogens is 691 g/mol. The van der Waals surface area contributed by atoms with Gasteiger partial charge in [0.1, 0.15) is 35.1 Å². The second-order valence-corrected chi connectivity index (χ2v) is 15.7. The summed E-state index contributed by atoms with van der Waals surface area (Å²) in [7, 11) is -2.14. The fourth-order valence-electron chi connectivity index (χ4n) is 6.06. The van der Waals surface area contributed by atoms with Crippen molar-refractivity contribution in [2.45, 2.75) is 76.0 Å². The van der Waals surface area contributed by atoms with Gasteiger partial charge in [0, 0.05) is 37.8 Å². The highest BCUT2D eigenvalue weighted by atomic mass is 32.3. The van der Waals surface area contributed by atoms with Crippen LogP contribution in [0.1, 0.15) is 44.7 Å². The molecule has 1 saturated heterocycles. The quantitative estimate of drug-likeness (QED) is 0.165. The summed E-state index contributed by atoms with van der Waals surface area (Å²) in [5, 5.41) is 5.10. The molecule has 5 N–H and O–H groups in total. The van der Waals surface area contributed by atoms with Gasteiger partial charge >= 0.3 is 12.2 Å². The lowest BCUT2D eigenvalue weighted by Crippen LogP contribution is -2.59. The summed E-state index contributed by atoms with van der Waals surface area (Å²) in [6.45, 7) is 11.3. The van der Waals surface area contributed by atoms with E-state index >= 15 is 0 Å². The first-order valence-corrected chi connectivity index (χ1v) is 18.0. The number of likely N-dealkylation sites (N-methyl/N-ethyl adjacent to an activating group) is 1. The second-order valence-electron chi connectivity index (χ2n) is 13.9. The highest BCUT2D eigenvalue weighted by Crippen LogP contribution is 2.46. The standard InChI is InChI=1S/C33H45FN6O10S/c1-8-20-14-33(20,29(44)37-51(7,47)48)36-27(42)25-13-21(49-31(46)39-15-19-11-10-12-23(34)22(19)17-39)16-40(25)28(43)24(18-38(6)26(41)9-2)35-30(45)50-32(3,4)5/h8-12,20-21,24-25,47-48H,1-2,13-18H2,3-7H3,(H,35,45)(H,36,42)(H,37,44)/t20-,21?,24+,25?,33-/m1/s1. The number of alkyl carbamates (subject to hydrolysis) is 1. The zero-order chi connectivity index (χ0) is 38.1. The van der Waals surface area contributed by atoms with E-state index in [2.05, 4.69) is 28.5 Å². The molecule has 2 heterocycles. The lowest BCUT2D eigenvalue weighted by atomic mass is 10.1. The van der Waals surface area contributed by atoms with E-state index in [1.165, 1.54) is 30.2 Å². The molecule has 1 aliphatic carbocycles. The van der Waals surface area contributed by atoms with Crippen molar-refractivity contribution in [3.05, 3.63) is 60.5 Å². The van der Waals surface area contributed by atoms with Crippen molar-refractivity contribution >= 4 is 46.6 Å². The van der Waals surface area contributed by atoms with Gasteiger partial charge in [-0.15, -0.1) is 17.4 Å². The Morgan fingerprint density at radius 2 is 1.86 bits per heavy atom. The maximum atomic E-state index is 14.4. The molecule has 5 atom stereocenters. The van der Waals surface area contributed by atoms with E-state index in [0.29, 0.717) is 11.1 Å². The van der Waals surface area contributed by atoms with Gasteiger partial charge in [0.2, 0.25) is 17.7 Å². The Hall–Kier alpha value is -4.68. The summed E-state index contributed by atoms with van der Waals surface area (Å²) in [5.41, 5.74) is -1.61. The minimum absolute atomic E-state index is 0.0527. The Kier molecular flexibility index (Phi) is 11.4. The van der Waals surface area contributed by atoms with Crippen molar-refractivity contribution < 1.29 is 51.7 Å². The highest BCUT2D eigenvalue weighted by Gasteiger charge is 2.61. The van der Waals surface area contributed by atoms with Crippen molar-refractivity contribution in [2.75, 3.05) is 26.4 Å². The van der Waals surface area contributed by atoms with Crippen molar-refractivity contribution in [1.82, 2.24) is 30.1 Å². The van der Waals surface area contributed by atoms with E-state index in [0.717, 1.165) is 22.1 Å². The summed E-state index contributed by atoms with van der Waals surface area (Å²) in [5.74, 6) is -4.17. The molecular formula is C33H45FN6O10S. The lowest BCUT2D eigenvalue weighted by Gasteiger charge is -2.33. The van der Waals surface area contributed by atoms with Crippen LogP contribution >= 0.6 is 10.8 Å². The number of likely N-dealkylation sites (tertiary alicyclic amines) is 1. The van der Waals surface area contributed by atoms with Gasteiger partial charge in [-0.1, -0.05) is 24.8 Å². The van der Waals surface area contributed by atoms with Crippen LogP contribution in [0.4, 0.5) is 14.0 Å². The lowest BCUT2D eigenvalue weighted by molar-refractivity contribution is -0.142. The topological polar surface area (TPSA) is 207 Å². The number of rotatable bonds is 11. The molecule has 0 radical (unpaired) electrons. The predicted molar refractivity (Wildman–Crippen MR) is 183 cm³/mol. The van der Waals surface area contributed by atoms with Crippen molar-refractivity contribution in [3.8, 4) is 0 Å². The Morgan fingerprint density at radius 1 is 1.18 bits per heavy atom. The van der Waals surface area contributed by atoms with Crippen molar-refractivity contribution in [1.29, 1.82) is 0 Å². The van der Waals surface area contributed by atoms with Crippen molar-refractivity contribution in [2.24, 2.45) is 5.92 Å². The summed E-state index contributed by atoms with van der Waals surface area (Å²) < 4.78 is 47.3. The van der Waals surface area contributed by atoms with Gasteiger partial charge in [0.05, 0.1) is 19.6 Å². The number of benzene rings is 1. The number of fused-ring (bicyclic) bond motifs is 1. The van der Waals surface area contributed by atoms with Crippen LogP contribution in [-0.2, 0) is 41.7 Å². The molecule has 2 unspecified atom stereocenters. The smallest absolute Gasteiger partial charge is 0.410 e. The molecule has 3 aliphatic rings. The molecule has 2 aliphatic heterocycles. The monoisotopic (exact) mass is 736 g/mol. The molecule has 1 saturated carbocycles. The van der Waals surface area contributed by atoms with Gasteiger partial charge in [0.15, 0.2) is 0 Å². The third-order valence-electron chi connectivity index (χ3n) is 8.63. The molecule has 18 heteroatoms. The van der Waals surface area contributed by atoms with E-state index in [-0.39, 0.29) is 39.0 Å². The van der Waals surface area contributed by atoms with Gasteiger partial charge in [0.25, 0.3) is 5.91 Å². The van der Waals surface area contributed by atoms with Crippen LogP contribution in [0, 0.1) is 11.7 Å². The number of hydrogen-bond donors (Lipinski definition) is 5. The molecule has 16 nitrogen and oxygen atoms in total. The van der Waals surface area contributed by atoms with Gasteiger partial charge in [-0.25, -0.2) is 14.0 Å². The number of hydrogen-bond acceptors (Lipinski definition) is 10. The third kappa shape index (κ3) is 9.36. The highest BCUT2D eigenvalue weighted by molar-refractivity contribution is 8.22. The average molecular weight is 737 g/mol. The SMILES string of the molecule is C=CC(=O)N(C)C[C@H](NC(=O)OC(C)(C)C)C(=O)N1CC(OC(=O)N2Cc3cccc(F)c3C2)CC1C(=O)N[C@]1(C(=O)NS(C)(O)O)C[C@H]1C=C. The van der Waals surface area contributed by atoms with Crippen LogP contribution in [0.3, 0.4) is 0 Å². The molecule has 0 spiro atoms. The molecule has 6 amide bonds. The van der Waals surface area contributed by atoms with Crippen LogP contribution in [-0.4, -0.2) is 115 Å². The molecule has 1 aromatic rings. The summed E-state index contributed by atoms with van der Waals surface area (Å²) in [6.07, 6.45) is 0.411. The van der Waals surface area contributed by atoms with Gasteiger partial charge in [-0.05, 0) is 44.9 Å². The molecule has 0 aromatic heterocycles. The number of halogens is 1. The molecule has 51 heavy (non-hydrogen) atoms. The Bertz CT molecular complexity index is 1610. The Balaban J connectivity index is 1.61. The van der Waals surface area contributed by atoms with Crippen LogP contribution in [0.25, 0.3) is 0 Å². The second kappa shape index (κ2) is 14.9. The number of carbonyl (C=O) groups is 6. The normalized spacial score (nSPS) is 23.3. The maximum Gasteiger partial charge on any atom is 0.410 e. The van der Waals surface area contributed by atoms with Gasteiger partial charge in [-0.3, -0.25) is 37.9 Å². The zero-order valence-corrected chi connectivity index (χ0v) is 30.0. The van der Waals surface area contributed by atoms with E-state index in [4.69, 9.17) is 9.47 Å².